The molecule has 0 atom stereocenters. The van der Waals surface area contributed by atoms with Crippen LogP contribution in [0.4, 0.5) is 21.6 Å². The topological polar surface area (TPSA) is 122 Å². The first-order valence-electron chi connectivity index (χ1n) is 10.2. The number of carbonyl (C=O) groups is 1. The lowest BCUT2D eigenvalue weighted by molar-refractivity contribution is 0.0684. The lowest BCUT2D eigenvalue weighted by atomic mass is 10.0. The lowest BCUT2D eigenvalue weighted by Gasteiger charge is -2.21. The van der Waals surface area contributed by atoms with Crippen LogP contribution < -0.4 is 21.8 Å². The molecule has 2 heterocycles. The predicted molar refractivity (Wildman–Crippen MR) is 118 cm³/mol. The number of nitrogens with zero attached hydrogens (tertiary/aromatic N) is 2. The fourth-order valence-electron chi connectivity index (χ4n) is 3.91. The van der Waals surface area contributed by atoms with Crippen LogP contribution in [0.3, 0.4) is 0 Å². The summed E-state index contributed by atoms with van der Waals surface area (Å²) < 4.78 is 17.2. The van der Waals surface area contributed by atoms with Gasteiger partial charge in [0.15, 0.2) is 11.2 Å². The Balaban J connectivity index is 1.78. The maximum Gasteiger partial charge on any atom is 0.352 e. The van der Waals surface area contributed by atoms with Gasteiger partial charge in [0, 0.05) is 37.0 Å². The molecule has 4 rings (SSSR count). The molecule has 0 bridgehead atoms. The molecule has 0 aliphatic heterocycles. The average molecular weight is 425 g/mol. The van der Waals surface area contributed by atoms with Crippen molar-refractivity contribution in [3.63, 3.8) is 0 Å². The third-order valence-electron chi connectivity index (χ3n) is 5.46. The van der Waals surface area contributed by atoms with Crippen molar-refractivity contribution in [2.24, 2.45) is 0 Å². The van der Waals surface area contributed by atoms with E-state index in [-0.39, 0.29) is 34.0 Å². The second kappa shape index (κ2) is 8.25. The van der Waals surface area contributed by atoms with Gasteiger partial charge >= 0.3 is 5.97 Å². The number of pyridine rings is 2. The monoisotopic (exact) mass is 425 g/mol. The van der Waals surface area contributed by atoms with Gasteiger partial charge in [-0.2, -0.15) is 0 Å². The number of benzene rings is 1. The fraction of sp³-hybridized carbons (Fsp3) is 0.318. The van der Waals surface area contributed by atoms with E-state index in [9.17, 15) is 14.7 Å². The Hall–Kier alpha value is -3.62. The predicted octanol–water partition coefficient (Wildman–Crippen LogP) is 3.24. The molecule has 1 aromatic carbocycles. The van der Waals surface area contributed by atoms with Gasteiger partial charge in [0.05, 0.1) is 22.3 Å². The van der Waals surface area contributed by atoms with E-state index in [2.05, 4.69) is 15.6 Å². The fourth-order valence-corrected chi connectivity index (χ4v) is 3.91. The molecule has 1 saturated carbocycles. The van der Waals surface area contributed by atoms with Crippen molar-refractivity contribution in [2.75, 3.05) is 29.5 Å². The van der Waals surface area contributed by atoms with Gasteiger partial charge in [0.2, 0.25) is 0 Å². The number of hydrogen-bond donors (Lipinski definition) is 4. The Labute approximate surface area is 177 Å². The molecule has 0 radical (unpaired) electrons. The minimum atomic E-state index is -1.27. The number of fused-ring (bicyclic) bond motifs is 1. The largest absolute Gasteiger partial charge is 0.477 e. The van der Waals surface area contributed by atoms with Crippen LogP contribution in [0.25, 0.3) is 10.9 Å². The van der Waals surface area contributed by atoms with E-state index < -0.39 is 17.2 Å². The van der Waals surface area contributed by atoms with Crippen molar-refractivity contribution in [1.29, 1.82) is 0 Å². The normalized spacial score (nSPS) is 13.4. The van der Waals surface area contributed by atoms with Gasteiger partial charge < -0.3 is 26.0 Å². The minimum absolute atomic E-state index is 0.0396. The Kier molecular flexibility index (Phi) is 5.50. The number of carboxylic acid groups (broad SMARTS) is 1. The number of rotatable bonds is 8. The quantitative estimate of drug-likeness (QED) is 0.323. The average Bonchev–Trinajstić information content (AvgIpc) is 3.59. The number of nitrogens with one attached hydrogen (secondary N) is 2. The highest BCUT2D eigenvalue weighted by Crippen LogP contribution is 2.42. The van der Waals surface area contributed by atoms with E-state index in [1.807, 2.05) is 25.1 Å². The van der Waals surface area contributed by atoms with Gasteiger partial charge in [0.25, 0.3) is 0 Å². The highest BCUT2D eigenvalue weighted by atomic mass is 19.1. The molecule has 5 N–H and O–H groups in total. The SMILES string of the molecule is CCc1c(NCCNc2ccccn2)c(F)c2c(c1N)c(=O)cc(C(=O)O)n2C1CC1. The number of halogens is 1. The Morgan fingerprint density at radius 3 is 2.68 bits per heavy atom. The Bertz CT molecular complexity index is 1210. The molecule has 1 fully saturated rings. The smallest absolute Gasteiger partial charge is 0.352 e. The van der Waals surface area contributed by atoms with Crippen LogP contribution in [0.5, 0.6) is 0 Å². The van der Waals surface area contributed by atoms with Gasteiger partial charge in [-0.15, -0.1) is 0 Å². The summed E-state index contributed by atoms with van der Waals surface area (Å²) in [4.78, 5) is 28.6. The first kappa shape index (κ1) is 20.6. The van der Waals surface area contributed by atoms with Crippen molar-refractivity contribution in [2.45, 2.75) is 32.2 Å². The van der Waals surface area contributed by atoms with Crippen LogP contribution in [0, 0.1) is 5.82 Å². The molecule has 0 spiro atoms. The lowest BCUT2D eigenvalue weighted by Crippen LogP contribution is -2.22. The summed E-state index contributed by atoms with van der Waals surface area (Å²) in [6.07, 6.45) is 3.54. The second-order valence-corrected chi connectivity index (χ2v) is 7.53. The van der Waals surface area contributed by atoms with Gasteiger partial charge in [-0.1, -0.05) is 13.0 Å². The molecule has 1 aliphatic rings. The van der Waals surface area contributed by atoms with Gasteiger partial charge in [-0.05, 0) is 31.4 Å². The van der Waals surface area contributed by atoms with Gasteiger partial charge in [-0.3, -0.25) is 4.79 Å². The molecule has 0 unspecified atom stereocenters. The third kappa shape index (κ3) is 3.78. The van der Waals surface area contributed by atoms with Crippen LogP contribution in [0.2, 0.25) is 0 Å². The molecular weight excluding hydrogens is 401 g/mol. The number of aromatic nitrogens is 2. The zero-order valence-corrected chi connectivity index (χ0v) is 17.1. The molecule has 0 saturated heterocycles. The summed E-state index contributed by atoms with van der Waals surface area (Å²) in [5.41, 5.74) is 6.37. The number of carboxylic acids is 1. The first-order valence-corrected chi connectivity index (χ1v) is 10.2. The first-order chi connectivity index (χ1) is 14.9. The van der Waals surface area contributed by atoms with Crippen LogP contribution in [-0.4, -0.2) is 33.7 Å². The zero-order valence-electron chi connectivity index (χ0n) is 17.1. The van der Waals surface area contributed by atoms with Crippen molar-refractivity contribution < 1.29 is 14.3 Å². The van der Waals surface area contributed by atoms with E-state index in [1.54, 1.807) is 6.20 Å². The zero-order chi connectivity index (χ0) is 22.1. The summed E-state index contributed by atoms with van der Waals surface area (Å²) >= 11 is 0. The molecule has 8 nitrogen and oxygen atoms in total. The molecule has 9 heteroatoms. The molecule has 31 heavy (non-hydrogen) atoms. The maximum absolute atomic E-state index is 15.8. The van der Waals surface area contributed by atoms with Crippen molar-refractivity contribution in [3.05, 3.63) is 57.8 Å². The summed E-state index contributed by atoms with van der Waals surface area (Å²) in [7, 11) is 0. The standard InChI is InChI=1S/C22H24FN5O3/c1-2-13-19(24)17-15(29)11-14(22(30)31)28(12-6-7-12)21(17)18(23)20(13)27-10-9-26-16-5-3-4-8-25-16/h3-5,8,11-12,27H,2,6-7,9-10,24H2,1H3,(H,25,26)(H,30,31). The molecule has 1 aliphatic carbocycles. The van der Waals surface area contributed by atoms with Crippen LogP contribution >= 0.6 is 0 Å². The highest BCUT2D eigenvalue weighted by molar-refractivity contribution is 5.99. The summed E-state index contributed by atoms with van der Waals surface area (Å²) in [5.74, 6) is -1.21. The molecule has 162 valence electrons. The number of nitrogens with two attached hydrogens (primary N) is 1. The third-order valence-corrected chi connectivity index (χ3v) is 5.46. The second-order valence-electron chi connectivity index (χ2n) is 7.53. The molecule has 0 amide bonds. The number of nitrogen functional groups attached to an aromatic ring is 1. The molecular formula is C22H24FN5O3. The number of hydrogen-bond acceptors (Lipinski definition) is 6. The van der Waals surface area contributed by atoms with Crippen LogP contribution in [0.1, 0.15) is 41.9 Å². The van der Waals surface area contributed by atoms with E-state index >= 15 is 4.39 Å². The number of aromatic carboxylic acids is 1. The summed E-state index contributed by atoms with van der Waals surface area (Å²) in [5, 5.41) is 15.9. The summed E-state index contributed by atoms with van der Waals surface area (Å²) in [6, 6.07) is 6.39. The van der Waals surface area contributed by atoms with Crippen LogP contribution in [-0.2, 0) is 6.42 Å². The van der Waals surface area contributed by atoms with Crippen molar-refractivity contribution in [1.82, 2.24) is 9.55 Å². The number of anilines is 3. The van der Waals surface area contributed by atoms with Gasteiger partial charge in [0.1, 0.15) is 11.5 Å². The van der Waals surface area contributed by atoms with E-state index in [4.69, 9.17) is 5.73 Å². The summed E-state index contributed by atoms with van der Waals surface area (Å²) in [6.45, 7) is 2.68. The van der Waals surface area contributed by atoms with E-state index in [0.29, 0.717) is 30.9 Å². The van der Waals surface area contributed by atoms with E-state index in [0.717, 1.165) is 18.9 Å². The van der Waals surface area contributed by atoms with Crippen molar-refractivity contribution >= 4 is 34.1 Å². The maximum atomic E-state index is 15.8. The molecule has 3 aromatic rings. The molecule has 2 aromatic heterocycles. The van der Waals surface area contributed by atoms with Gasteiger partial charge in [-0.25, -0.2) is 14.2 Å². The Morgan fingerprint density at radius 1 is 1.32 bits per heavy atom. The highest BCUT2D eigenvalue weighted by Gasteiger charge is 2.32. The van der Waals surface area contributed by atoms with Crippen LogP contribution in [0.15, 0.2) is 35.3 Å². The van der Waals surface area contributed by atoms with E-state index in [1.165, 1.54) is 4.57 Å². The van der Waals surface area contributed by atoms with Crippen molar-refractivity contribution in [3.8, 4) is 0 Å². The Morgan fingerprint density at radius 2 is 2.06 bits per heavy atom. The minimum Gasteiger partial charge on any atom is -0.477 e.